The van der Waals surface area contributed by atoms with Gasteiger partial charge in [-0.1, -0.05) is 6.92 Å². The molecule has 1 unspecified atom stereocenters. The maximum Gasteiger partial charge on any atom is 0.211 e. The number of hydrogen-bond donors (Lipinski definition) is 1. The SMILES string of the molecule is CCNC(COC(C)C)c1cc(OC)n(C)n1. The van der Waals surface area contributed by atoms with Crippen molar-refractivity contribution in [2.45, 2.75) is 32.9 Å². The van der Waals surface area contributed by atoms with Crippen molar-refractivity contribution in [3.05, 3.63) is 11.8 Å². The Balaban J connectivity index is 2.73. The minimum absolute atomic E-state index is 0.109. The van der Waals surface area contributed by atoms with Crippen LogP contribution in [-0.2, 0) is 11.8 Å². The summed E-state index contributed by atoms with van der Waals surface area (Å²) in [5, 5.41) is 7.79. The maximum atomic E-state index is 5.64. The van der Waals surface area contributed by atoms with Crippen LogP contribution < -0.4 is 10.1 Å². The van der Waals surface area contributed by atoms with E-state index in [0.717, 1.165) is 18.1 Å². The molecule has 0 saturated carbocycles. The molecule has 0 bridgehead atoms. The second-order valence-corrected chi connectivity index (χ2v) is 4.23. The highest BCUT2D eigenvalue weighted by molar-refractivity contribution is 5.18. The van der Waals surface area contributed by atoms with Crippen molar-refractivity contribution in [1.82, 2.24) is 15.1 Å². The van der Waals surface area contributed by atoms with Crippen LogP contribution in [0.3, 0.4) is 0 Å². The molecule has 0 amide bonds. The van der Waals surface area contributed by atoms with Gasteiger partial charge in [-0.25, -0.2) is 4.68 Å². The molecule has 1 N–H and O–H groups in total. The largest absolute Gasteiger partial charge is 0.481 e. The Bertz CT molecular complexity index is 336. The molecule has 0 radical (unpaired) electrons. The predicted octanol–water partition coefficient (Wildman–Crippen LogP) is 1.50. The summed E-state index contributed by atoms with van der Waals surface area (Å²) >= 11 is 0. The highest BCUT2D eigenvalue weighted by atomic mass is 16.5. The van der Waals surface area contributed by atoms with E-state index in [1.807, 2.05) is 27.0 Å². The average molecular weight is 241 g/mol. The van der Waals surface area contributed by atoms with Crippen molar-refractivity contribution >= 4 is 0 Å². The first kappa shape index (κ1) is 14.0. The van der Waals surface area contributed by atoms with Crippen molar-refractivity contribution in [1.29, 1.82) is 0 Å². The van der Waals surface area contributed by atoms with Gasteiger partial charge in [0.1, 0.15) is 0 Å². The second kappa shape index (κ2) is 6.61. The molecule has 0 aliphatic carbocycles. The van der Waals surface area contributed by atoms with E-state index >= 15 is 0 Å². The van der Waals surface area contributed by atoms with E-state index in [1.165, 1.54) is 0 Å². The van der Waals surface area contributed by atoms with Crippen LogP contribution in [0.15, 0.2) is 6.07 Å². The highest BCUT2D eigenvalue weighted by Crippen LogP contribution is 2.18. The Hall–Kier alpha value is -1.07. The molecular weight excluding hydrogens is 218 g/mol. The van der Waals surface area contributed by atoms with Gasteiger partial charge in [-0.2, -0.15) is 5.10 Å². The molecule has 1 atom stereocenters. The summed E-state index contributed by atoms with van der Waals surface area (Å²) in [5.41, 5.74) is 0.951. The van der Waals surface area contributed by atoms with E-state index < -0.39 is 0 Å². The first-order valence-corrected chi connectivity index (χ1v) is 6.01. The second-order valence-electron chi connectivity index (χ2n) is 4.23. The van der Waals surface area contributed by atoms with Crippen LogP contribution in [-0.4, -0.2) is 36.1 Å². The summed E-state index contributed by atoms with van der Waals surface area (Å²) in [6.07, 6.45) is 0.224. The molecule has 1 aromatic heterocycles. The number of methoxy groups -OCH3 is 1. The lowest BCUT2D eigenvalue weighted by molar-refractivity contribution is 0.0605. The number of nitrogens with zero attached hydrogens (tertiary/aromatic N) is 2. The minimum Gasteiger partial charge on any atom is -0.481 e. The molecule has 98 valence electrons. The fraction of sp³-hybridized carbons (Fsp3) is 0.750. The van der Waals surface area contributed by atoms with Crippen LogP contribution in [0, 0.1) is 0 Å². The summed E-state index contributed by atoms with van der Waals surface area (Å²) in [7, 11) is 3.52. The highest BCUT2D eigenvalue weighted by Gasteiger charge is 2.16. The van der Waals surface area contributed by atoms with Gasteiger partial charge in [-0.05, 0) is 20.4 Å². The van der Waals surface area contributed by atoms with Crippen LogP contribution in [0.25, 0.3) is 0 Å². The summed E-state index contributed by atoms with van der Waals surface area (Å²) in [5.74, 6) is 0.757. The summed E-state index contributed by atoms with van der Waals surface area (Å²) in [6, 6.07) is 2.05. The van der Waals surface area contributed by atoms with E-state index in [2.05, 4.69) is 17.3 Å². The molecule has 0 fully saturated rings. The average Bonchev–Trinajstić information content (AvgIpc) is 2.65. The molecule has 0 aliphatic heterocycles. The van der Waals surface area contributed by atoms with Gasteiger partial charge in [0.05, 0.1) is 31.6 Å². The van der Waals surface area contributed by atoms with Gasteiger partial charge in [-0.3, -0.25) is 0 Å². The van der Waals surface area contributed by atoms with Crippen LogP contribution in [0.1, 0.15) is 32.5 Å². The van der Waals surface area contributed by atoms with Gasteiger partial charge in [-0.15, -0.1) is 0 Å². The summed E-state index contributed by atoms with van der Waals surface area (Å²) in [6.45, 7) is 7.63. The molecule has 1 heterocycles. The molecule has 1 rings (SSSR count). The van der Waals surface area contributed by atoms with Crippen LogP contribution in [0.2, 0.25) is 0 Å². The van der Waals surface area contributed by atoms with Crippen LogP contribution in [0.5, 0.6) is 5.88 Å². The molecule has 0 aliphatic rings. The molecule has 0 aromatic carbocycles. The zero-order valence-corrected chi connectivity index (χ0v) is 11.4. The fourth-order valence-corrected chi connectivity index (χ4v) is 1.62. The third-order valence-electron chi connectivity index (χ3n) is 2.47. The van der Waals surface area contributed by atoms with Crippen LogP contribution in [0.4, 0.5) is 0 Å². The van der Waals surface area contributed by atoms with Crippen molar-refractivity contribution in [3.63, 3.8) is 0 Å². The molecule has 17 heavy (non-hydrogen) atoms. The molecule has 0 spiro atoms. The lowest BCUT2D eigenvalue weighted by Crippen LogP contribution is -2.27. The van der Waals surface area contributed by atoms with Gasteiger partial charge in [0.25, 0.3) is 0 Å². The van der Waals surface area contributed by atoms with Crippen molar-refractivity contribution in [2.75, 3.05) is 20.3 Å². The Kier molecular flexibility index (Phi) is 5.44. The summed E-state index contributed by atoms with van der Waals surface area (Å²) in [4.78, 5) is 0. The van der Waals surface area contributed by atoms with E-state index in [1.54, 1.807) is 11.8 Å². The number of rotatable bonds is 7. The molecule has 5 heteroatoms. The fourth-order valence-electron chi connectivity index (χ4n) is 1.62. The van der Waals surface area contributed by atoms with Crippen LogP contribution >= 0.6 is 0 Å². The van der Waals surface area contributed by atoms with Crippen molar-refractivity contribution in [2.24, 2.45) is 7.05 Å². The smallest absolute Gasteiger partial charge is 0.211 e. The number of aryl methyl sites for hydroxylation is 1. The number of ether oxygens (including phenoxy) is 2. The van der Waals surface area contributed by atoms with Gasteiger partial charge < -0.3 is 14.8 Å². The van der Waals surface area contributed by atoms with E-state index in [-0.39, 0.29) is 12.1 Å². The first-order valence-electron chi connectivity index (χ1n) is 6.01. The minimum atomic E-state index is 0.109. The number of nitrogens with one attached hydrogen (secondary N) is 1. The van der Waals surface area contributed by atoms with E-state index in [4.69, 9.17) is 9.47 Å². The third-order valence-corrected chi connectivity index (χ3v) is 2.47. The lowest BCUT2D eigenvalue weighted by Gasteiger charge is -2.17. The predicted molar refractivity (Wildman–Crippen MR) is 67.3 cm³/mol. The van der Waals surface area contributed by atoms with E-state index in [9.17, 15) is 0 Å². The number of likely N-dealkylation sites (N-methyl/N-ethyl adjacent to an activating group) is 1. The molecule has 5 nitrogen and oxygen atoms in total. The number of aromatic nitrogens is 2. The number of hydrogen-bond acceptors (Lipinski definition) is 4. The van der Waals surface area contributed by atoms with Crippen molar-refractivity contribution in [3.8, 4) is 5.88 Å². The summed E-state index contributed by atoms with van der Waals surface area (Å²) < 4.78 is 12.6. The quantitative estimate of drug-likeness (QED) is 0.786. The molecular formula is C12H23N3O2. The Labute approximate surface area is 103 Å². The first-order chi connectivity index (χ1) is 8.08. The Morgan fingerprint density at radius 1 is 1.47 bits per heavy atom. The van der Waals surface area contributed by atoms with Gasteiger partial charge in [0.2, 0.25) is 5.88 Å². The van der Waals surface area contributed by atoms with Gasteiger partial charge in [0, 0.05) is 13.1 Å². The monoisotopic (exact) mass is 241 g/mol. The molecule has 1 aromatic rings. The maximum absolute atomic E-state index is 5.64. The topological polar surface area (TPSA) is 48.3 Å². The third kappa shape index (κ3) is 4.02. The standard InChI is InChI=1S/C12H23N3O2/c1-6-13-11(8-17-9(2)3)10-7-12(16-5)15(4)14-10/h7,9,11,13H,6,8H2,1-5H3. The Morgan fingerprint density at radius 2 is 2.18 bits per heavy atom. The normalized spacial score (nSPS) is 13.1. The molecule has 0 saturated heterocycles. The lowest BCUT2D eigenvalue weighted by atomic mass is 10.2. The Morgan fingerprint density at radius 3 is 2.65 bits per heavy atom. The van der Waals surface area contributed by atoms with Gasteiger partial charge >= 0.3 is 0 Å². The van der Waals surface area contributed by atoms with Gasteiger partial charge in [0.15, 0.2) is 0 Å². The zero-order valence-electron chi connectivity index (χ0n) is 11.4. The zero-order chi connectivity index (χ0) is 12.8. The van der Waals surface area contributed by atoms with E-state index in [0.29, 0.717) is 6.61 Å². The van der Waals surface area contributed by atoms with Crippen molar-refractivity contribution < 1.29 is 9.47 Å².